The Morgan fingerprint density at radius 2 is 1.05 bits per heavy atom. The summed E-state index contributed by atoms with van der Waals surface area (Å²) in [6, 6.07) is -0.880. The summed E-state index contributed by atoms with van der Waals surface area (Å²) in [6.45, 7) is 4.65. The average Bonchev–Trinajstić information content (AvgIpc) is 3.17. The first-order valence-electron chi connectivity index (χ1n) is 23.7. The SMILES string of the molecule is CC/C=C\C/C=C\C/C=C\CCCCCC(=O)NC(COP(=O)(O)OCC[N+](C)(C)C)C(O)/C=C/CC/C=C/CCCCCCCCCCCCCCCCCCC. The summed E-state index contributed by atoms with van der Waals surface area (Å²) in [7, 11) is 1.53. The molecule has 8 nitrogen and oxygen atoms in total. The van der Waals surface area contributed by atoms with E-state index in [1.807, 2.05) is 27.2 Å². The first kappa shape index (κ1) is 56.2. The van der Waals surface area contributed by atoms with Crippen LogP contribution < -0.4 is 5.32 Å². The Hall–Kier alpha value is -1.80. The van der Waals surface area contributed by atoms with Crippen molar-refractivity contribution >= 4 is 13.7 Å². The lowest BCUT2D eigenvalue weighted by atomic mass is 10.0. The van der Waals surface area contributed by atoms with Crippen molar-refractivity contribution in [1.82, 2.24) is 5.32 Å². The first-order valence-corrected chi connectivity index (χ1v) is 25.2. The molecule has 58 heavy (non-hydrogen) atoms. The number of unbranched alkanes of at least 4 members (excludes halogenated alkanes) is 21. The van der Waals surface area contributed by atoms with Gasteiger partial charge in [-0.05, 0) is 64.2 Å². The largest absolute Gasteiger partial charge is 0.472 e. The van der Waals surface area contributed by atoms with E-state index in [0.717, 1.165) is 64.2 Å². The van der Waals surface area contributed by atoms with Crippen molar-refractivity contribution in [2.75, 3.05) is 40.9 Å². The van der Waals surface area contributed by atoms with E-state index in [1.165, 1.54) is 109 Å². The van der Waals surface area contributed by atoms with E-state index in [2.05, 4.69) is 67.8 Å². The van der Waals surface area contributed by atoms with Gasteiger partial charge >= 0.3 is 7.82 Å². The Kier molecular flexibility index (Phi) is 39.3. The fourth-order valence-corrected chi connectivity index (χ4v) is 7.22. The zero-order valence-electron chi connectivity index (χ0n) is 38.3. The molecule has 0 aliphatic carbocycles. The average molecular weight is 836 g/mol. The van der Waals surface area contributed by atoms with E-state index in [0.29, 0.717) is 17.4 Å². The van der Waals surface area contributed by atoms with Crippen molar-refractivity contribution in [3.8, 4) is 0 Å². The summed E-state index contributed by atoms with van der Waals surface area (Å²) in [5.74, 6) is -0.218. The number of aliphatic hydroxyl groups excluding tert-OH is 1. The standard InChI is InChI=1S/C49H91N2O6P/c1-6-8-10-12-14-16-18-20-21-22-23-24-25-26-27-28-29-31-32-34-36-38-40-42-48(52)47(46-57-58(54,55)56-45-44-51(3,4)5)50-49(53)43-41-39-37-35-33-30-19-17-15-13-11-9-7-2/h9,11,15,17,30,32-34,40,42,47-48,52H,6-8,10,12-14,16,18-29,31,35-39,41,43-46H2,1-5H3,(H-,50,53,54,55)/p+1/b11-9-,17-15-,33-30-,34-32+,42-40+. The van der Waals surface area contributed by atoms with Crippen molar-refractivity contribution in [1.29, 1.82) is 0 Å². The highest BCUT2D eigenvalue weighted by Crippen LogP contribution is 2.43. The highest BCUT2D eigenvalue weighted by Gasteiger charge is 2.27. The minimum Gasteiger partial charge on any atom is -0.387 e. The van der Waals surface area contributed by atoms with Gasteiger partial charge in [0, 0.05) is 6.42 Å². The Morgan fingerprint density at radius 3 is 1.59 bits per heavy atom. The number of aliphatic hydroxyl groups is 1. The Labute approximate surface area is 358 Å². The second-order valence-electron chi connectivity index (χ2n) is 17.1. The van der Waals surface area contributed by atoms with Crippen LogP contribution in [0.5, 0.6) is 0 Å². The summed E-state index contributed by atoms with van der Waals surface area (Å²) in [5, 5.41) is 13.8. The highest BCUT2D eigenvalue weighted by molar-refractivity contribution is 7.47. The van der Waals surface area contributed by atoms with Crippen LogP contribution in [-0.4, -0.2) is 73.4 Å². The normalized spacial score (nSPS) is 14.8. The number of carbonyl (C=O) groups is 1. The number of quaternary nitrogens is 1. The molecule has 0 saturated heterocycles. The van der Waals surface area contributed by atoms with E-state index in [4.69, 9.17) is 9.05 Å². The third-order valence-corrected chi connectivity index (χ3v) is 11.2. The number of allylic oxidation sites excluding steroid dienone is 9. The van der Waals surface area contributed by atoms with Gasteiger partial charge in [0.25, 0.3) is 0 Å². The van der Waals surface area contributed by atoms with Gasteiger partial charge in [-0.3, -0.25) is 13.8 Å². The summed E-state index contributed by atoms with van der Waals surface area (Å²) in [5.41, 5.74) is 0. The number of hydrogen-bond donors (Lipinski definition) is 3. The van der Waals surface area contributed by atoms with E-state index in [-0.39, 0.29) is 19.1 Å². The smallest absolute Gasteiger partial charge is 0.387 e. The Balaban J connectivity index is 4.40. The van der Waals surface area contributed by atoms with Crippen molar-refractivity contribution in [3.63, 3.8) is 0 Å². The lowest BCUT2D eigenvalue weighted by molar-refractivity contribution is -0.870. The molecular formula is C49H92N2O6P+. The van der Waals surface area contributed by atoms with Crippen LogP contribution in [-0.2, 0) is 18.4 Å². The van der Waals surface area contributed by atoms with Crippen LogP contribution in [0, 0.1) is 0 Å². The van der Waals surface area contributed by atoms with Crippen molar-refractivity contribution in [2.45, 2.75) is 206 Å². The van der Waals surface area contributed by atoms with Gasteiger partial charge in [-0.2, -0.15) is 0 Å². The lowest BCUT2D eigenvalue weighted by Gasteiger charge is -2.25. The molecule has 0 aliphatic heterocycles. The zero-order chi connectivity index (χ0) is 42.8. The van der Waals surface area contributed by atoms with Crippen LogP contribution >= 0.6 is 7.82 Å². The second kappa shape index (κ2) is 40.6. The summed E-state index contributed by atoms with van der Waals surface area (Å²) < 4.78 is 23.5. The van der Waals surface area contributed by atoms with Gasteiger partial charge in [-0.25, -0.2) is 4.57 Å². The summed E-state index contributed by atoms with van der Waals surface area (Å²) in [6.07, 6.45) is 53.1. The van der Waals surface area contributed by atoms with Crippen LogP contribution in [0.1, 0.15) is 194 Å². The van der Waals surface area contributed by atoms with Gasteiger partial charge < -0.3 is 19.8 Å². The predicted molar refractivity (Wildman–Crippen MR) is 249 cm³/mol. The fraction of sp³-hybridized carbons (Fsp3) is 0.776. The van der Waals surface area contributed by atoms with Gasteiger partial charge in [-0.15, -0.1) is 0 Å². The molecule has 0 aromatic heterocycles. The molecule has 0 saturated carbocycles. The number of phosphoric ester groups is 1. The Bertz CT molecular complexity index is 1130. The molecule has 0 spiro atoms. The van der Waals surface area contributed by atoms with Crippen molar-refractivity contribution in [2.24, 2.45) is 0 Å². The van der Waals surface area contributed by atoms with Crippen molar-refractivity contribution < 1.29 is 32.9 Å². The second-order valence-corrected chi connectivity index (χ2v) is 18.5. The third kappa shape index (κ3) is 42.3. The molecule has 1 amide bonds. The maximum atomic E-state index is 12.8. The molecular weight excluding hydrogens is 744 g/mol. The fourth-order valence-electron chi connectivity index (χ4n) is 6.48. The number of rotatable bonds is 42. The molecule has 0 heterocycles. The number of nitrogens with zero attached hydrogens (tertiary/aromatic N) is 1. The van der Waals surface area contributed by atoms with Crippen molar-refractivity contribution in [3.05, 3.63) is 60.8 Å². The van der Waals surface area contributed by atoms with Gasteiger partial charge in [0.1, 0.15) is 13.2 Å². The topological polar surface area (TPSA) is 105 Å². The molecule has 0 radical (unpaired) electrons. The monoisotopic (exact) mass is 836 g/mol. The van der Waals surface area contributed by atoms with Crippen LogP contribution in [0.2, 0.25) is 0 Å². The maximum absolute atomic E-state index is 12.8. The van der Waals surface area contributed by atoms with Gasteiger partial charge in [0.15, 0.2) is 0 Å². The summed E-state index contributed by atoms with van der Waals surface area (Å²) in [4.78, 5) is 23.1. The first-order chi connectivity index (χ1) is 28.0. The van der Waals surface area contributed by atoms with Gasteiger partial charge in [0.2, 0.25) is 5.91 Å². The zero-order valence-corrected chi connectivity index (χ0v) is 39.2. The van der Waals surface area contributed by atoms with Crippen LogP contribution in [0.3, 0.4) is 0 Å². The molecule has 0 rings (SSSR count). The number of hydrogen-bond acceptors (Lipinski definition) is 5. The van der Waals surface area contributed by atoms with Crippen LogP contribution in [0.25, 0.3) is 0 Å². The number of phosphoric acid groups is 1. The molecule has 338 valence electrons. The molecule has 3 atom stereocenters. The quantitative estimate of drug-likeness (QED) is 0.0245. The number of carbonyl (C=O) groups excluding carboxylic acids is 1. The minimum atomic E-state index is -4.36. The molecule has 0 aliphatic rings. The Morgan fingerprint density at radius 1 is 0.603 bits per heavy atom. The molecule has 3 N–H and O–H groups in total. The van der Waals surface area contributed by atoms with E-state index in [1.54, 1.807) is 6.08 Å². The van der Waals surface area contributed by atoms with E-state index in [9.17, 15) is 19.4 Å². The third-order valence-electron chi connectivity index (χ3n) is 10.2. The lowest BCUT2D eigenvalue weighted by Crippen LogP contribution is -2.45. The number of nitrogens with one attached hydrogen (secondary N) is 1. The summed E-state index contributed by atoms with van der Waals surface area (Å²) >= 11 is 0. The molecule has 3 unspecified atom stereocenters. The minimum absolute atomic E-state index is 0.0479. The highest BCUT2D eigenvalue weighted by atomic mass is 31.2. The van der Waals surface area contributed by atoms with Gasteiger partial charge in [-0.1, -0.05) is 184 Å². The number of likely N-dealkylation sites (N-methyl/N-ethyl adjacent to an activating group) is 1. The molecule has 9 heteroatoms. The van der Waals surface area contributed by atoms with E-state index < -0.39 is 20.0 Å². The van der Waals surface area contributed by atoms with Crippen LogP contribution in [0.15, 0.2) is 60.8 Å². The van der Waals surface area contributed by atoms with Gasteiger partial charge in [0.05, 0.1) is 39.9 Å². The predicted octanol–water partition coefficient (Wildman–Crippen LogP) is 13.4. The van der Waals surface area contributed by atoms with E-state index >= 15 is 0 Å². The molecule has 0 aromatic carbocycles. The molecule has 0 bridgehead atoms. The molecule has 0 aromatic rings. The van der Waals surface area contributed by atoms with Crippen LogP contribution in [0.4, 0.5) is 0 Å². The maximum Gasteiger partial charge on any atom is 0.472 e. The molecule has 0 fully saturated rings. The number of amides is 1.